The maximum atomic E-state index is 12.4. The number of hydrogen-bond acceptors (Lipinski definition) is 5. The normalized spacial score (nSPS) is 14.6. The first-order valence-electron chi connectivity index (χ1n) is 10.1. The van der Waals surface area contributed by atoms with Crippen molar-refractivity contribution in [2.45, 2.75) is 19.4 Å². The van der Waals surface area contributed by atoms with E-state index < -0.39 is 0 Å². The zero-order valence-electron chi connectivity index (χ0n) is 16.8. The smallest absolute Gasteiger partial charge is 0.258 e. The average Bonchev–Trinajstić information content (AvgIpc) is 2.92. The van der Waals surface area contributed by atoms with Crippen LogP contribution in [0.2, 0.25) is 0 Å². The van der Waals surface area contributed by atoms with Gasteiger partial charge >= 0.3 is 0 Å². The average molecular weight is 401 g/mol. The Morgan fingerprint density at radius 3 is 2.70 bits per heavy atom. The van der Waals surface area contributed by atoms with Gasteiger partial charge in [0, 0.05) is 62.2 Å². The minimum absolute atomic E-state index is 0.0123. The molecule has 1 aliphatic rings. The number of aromatic nitrogens is 4. The highest BCUT2D eigenvalue weighted by Crippen LogP contribution is 2.28. The largest absolute Gasteiger partial charge is 0.504 e. The Hall–Kier alpha value is -3.45. The van der Waals surface area contributed by atoms with Gasteiger partial charge < -0.3 is 5.11 Å². The highest BCUT2D eigenvalue weighted by atomic mass is 16.3. The molecule has 1 aromatic carbocycles. The Kier molecular flexibility index (Phi) is 4.59. The second-order valence-electron chi connectivity index (χ2n) is 7.71. The van der Waals surface area contributed by atoms with Gasteiger partial charge in [-0.1, -0.05) is 30.3 Å². The number of fused-ring (bicyclic) bond motifs is 2. The number of aromatic hydroxyl groups is 1. The fourth-order valence-corrected chi connectivity index (χ4v) is 4.28. The van der Waals surface area contributed by atoms with Gasteiger partial charge in [0.1, 0.15) is 0 Å². The van der Waals surface area contributed by atoms with Gasteiger partial charge in [-0.05, 0) is 18.6 Å². The van der Waals surface area contributed by atoms with Gasteiger partial charge in [-0.2, -0.15) is 5.10 Å². The number of pyridine rings is 1. The third-order valence-corrected chi connectivity index (χ3v) is 5.77. The van der Waals surface area contributed by atoms with E-state index in [0.717, 1.165) is 37.2 Å². The number of benzene rings is 1. The molecule has 4 aromatic rings. The molecule has 0 fully saturated rings. The lowest BCUT2D eigenvalue weighted by Gasteiger charge is -2.19. The van der Waals surface area contributed by atoms with Crippen molar-refractivity contribution >= 4 is 5.65 Å². The zero-order chi connectivity index (χ0) is 20.7. The fraction of sp³-hybridized carbons (Fsp3) is 0.261. The van der Waals surface area contributed by atoms with Crippen LogP contribution in [0.15, 0.2) is 59.5 Å². The standard InChI is InChI=1S/C23H23N5O2/c1-26-19-10-13-27(12-9-18(19)22(25-26)16-6-3-2-4-7-16)15-17-14-21(30)28-11-5-8-20(29)23(28)24-17/h2-8,11,14,29H,9-10,12-13,15H2,1H3. The molecule has 7 nitrogen and oxygen atoms in total. The molecule has 1 N–H and O–H groups in total. The Labute approximate surface area is 173 Å². The molecule has 30 heavy (non-hydrogen) atoms. The minimum atomic E-state index is -0.181. The summed E-state index contributed by atoms with van der Waals surface area (Å²) >= 11 is 0. The molecule has 0 aliphatic carbocycles. The van der Waals surface area contributed by atoms with Crippen LogP contribution in [0.3, 0.4) is 0 Å². The van der Waals surface area contributed by atoms with E-state index in [1.54, 1.807) is 24.4 Å². The van der Waals surface area contributed by atoms with Crippen molar-refractivity contribution in [2.75, 3.05) is 13.1 Å². The molecule has 7 heteroatoms. The van der Waals surface area contributed by atoms with Gasteiger partial charge in [0.2, 0.25) is 0 Å². The van der Waals surface area contributed by atoms with Gasteiger partial charge in [-0.25, -0.2) is 4.98 Å². The highest BCUT2D eigenvalue weighted by Gasteiger charge is 2.22. The SMILES string of the molecule is Cn1nc(-c2ccccc2)c2c1CCN(Cc1cc(=O)n3cccc(O)c3n1)CC2. The van der Waals surface area contributed by atoms with Gasteiger partial charge in [0.05, 0.1) is 11.4 Å². The first kappa shape index (κ1) is 18.6. The Balaban J connectivity index is 1.41. The molecule has 0 radical (unpaired) electrons. The summed E-state index contributed by atoms with van der Waals surface area (Å²) in [7, 11) is 2.01. The Morgan fingerprint density at radius 1 is 1.07 bits per heavy atom. The van der Waals surface area contributed by atoms with E-state index in [1.165, 1.54) is 15.7 Å². The van der Waals surface area contributed by atoms with Crippen molar-refractivity contribution in [1.29, 1.82) is 0 Å². The lowest BCUT2D eigenvalue weighted by molar-refractivity contribution is 0.274. The van der Waals surface area contributed by atoms with Crippen molar-refractivity contribution in [3.8, 4) is 17.0 Å². The van der Waals surface area contributed by atoms with E-state index in [4.69, 9.17) is 5.10 Å². The molecule has 0 spiro atoms. The fourth-order valence-electron chi connectivity index (χ4n) is 4.28. The maximum Gasteiger partial charge on any atom is 0.258 e. The summed E-state index contributed by atoms with van der Waals surface area (Å²) in [5.41, 5.74) is 5.56. The second-order valence-corrected chi connectivity index (χ2v) is 7.71. The molecular formula is C23H23N5O2. The van der Waals surface area contributed by atoms with Crippen molar-refractivity contribution in [3.05, 3.63) is 82.0 Å². The Bertz CT molecular complexity index is 1280. The van der Waals surface area contributed by atoms with E-state index in [0.29, 0.717) is 17.9 Å². The van der Waals surface area contributed by atoms with Crippen LogP contribution in [-0.2, 0) is 26.4 Å². The van der Waals surface area contributed by atoms with Crippen molar-refractivity contribution in [2.24, 2.45) is 7.05 Å². The molecule has 0 unspecified atom stereocenters. The zero-order valence-corrected chi connectivity index (χ0v) is 16.8. The van der Waals surface area contributed by atoms with Crippen LogP contribution >= 0.6 is 0 Å². The molecule has 0 atom stereocenters. The third-order valence-electron chi connectivity index (χ3n) is 5.77. The summed E-state index contributed by atoms with van der Waals surface area (Å²) in [5, 5.41) is 14.9. The van der Waals surface area contributed by atoms with Gasteiger partial charge in [0.15, 0.2) is 11.4 Å². The number of aryl methyl sites for hydroxylation is 1. The molecule has 0 saturated heterocycles. The van der Waals surface area contributed by atoms with E-state index in [2.05, 4.69) is 22.0 Å². The first-order chi connectivity index (χ1) is 14.6. The lowest BCUT2D eigenvalue weighted by atomic mass is 10.0. The van der Waals surface area contributed by atoms with E-state index >= 15 is 0 Å². The van der Waals surface area contributed by atoms with Crippen molar-refractivity contribution in [1.82, 2.24) is 24.1 Å². The van der Waals surface area contributed by atoms with Crippen LogP contribution in [0.25, 0.3) is 16.9 Å². The number of hydrogen-bond donors (Lipinski definition) is 1. The molecule has 5 rings (SSSR count). The van der Waals surface area contributed by atoms with Crippen LogP contribution in [0.4, 0.5) is 0 Å². The van der Waals surface area contributed by atoms with Crippen LogP contribution in [0, 0.1) is 0 Å². The summed E-state index contributed by atoms with van der Waals surface area (Å²) < 4.78 is 3.37. The van der Waals surface area contributed by atoms with Crippen LogP contribution in [-0.4, -0.2) is 42.3 Å². The van der Waals surface area contributed by atoms with Gasteiger partial charge in [-0.3, -0.25) is 18.8 Å². The lowest BCUT2D eigenvalue weighted by Crippen LogP contribution is -2.28. The molecule has 152 valence electrons. The maximum absolute atomic E-state index is 12.4. The van der Waals surface area contributed by atoms with E-state index in [1.807, 2.05) is 29.9 Å². The summed E-state index contributed by atoms with van der Waals surface area (Å²) in [4.78, 5) is 19.3. The van der Waals surface area contributed by atoms with Gasteiger partial charge in [-0.15, -0.1) is 0 Å². The van der Waals surface area contributed by atoms with E-state index in [9.17, 15) is 9.90 Å². The summed E-state index contributed by atoms with van der Waals surface area (Å²) in [6.45, 7) is 2.30. The molecule has 1 aliphatic heterocycles. The molecule has 0 bridgehead atoms. The predicted octanol–water partition coefficient (Wildman–Crippen LogP) is 2.40. The summed E-state index contributed by atoms with van der Waals surface area (Å²) in [6.07, 6.45) is 3.41. The first-order valence-corrected chi connectivity index (χ1v) is 10.1. The van der Waals surface area contributed by atoms with Gasteiger partial charge in [0.25, 0.3) is 5.56 Å². The molecular weight excluding hydrogens is 378 g/mol. The van der Waals surface area contributed by atoms with Crippen LogP contribution in [0.1, 0.15) is 17.0 Å². The molecule has 4 heterocycles. The topological polar surface area (TPSA) is 75.7 Å². The monoisotopic (exact) mass is 401 g/mol. The van der Waals surface area contributed by atoms with Crippen molar-refractivity contribution in [3.63, 3.8) is 0 Å². The summed E-state index contributed by atoms with van der Waals surface area (Å²) in [5.74, 6) is 0.0123. The van der Waals surface area contributed by atoms with E-state index in [-0.39, 0.29) is 11.3 Å². The number of rotatable bonds is 3. The minimum Gasteiger partial charge on any atom is -0.504 e. The predicted molar refractivity (Wildman–Crippen MR) is 114 cm³/mol. The second kappa shape index (κ2) is 7.42. The van der Waals surface area contributed by atoms with Crippen LogP contribution < -0.4 is 5.56 Å². The number of nitrogens with zero attached hydrogens (tertiary/aromatic N) is 5. The van der Waals surface area contributed by atoms with Crippen LogP contribution in [0.5, 0.6) is 5.75 Å². The Morgan fingerprint density at radius 2 is 1.87 bits per heavy atom. The summed E-state index contributed by atoms with van der Waals surface area (Å²) in [6, 6.07) is 15.0. The third kappa shape index (κ3) is 3.27. The quantitative estimate of drug-likeness (QED) is 0.571. The van der Waals surface area contributed by atoms with Crippen molar-refractivity contribution < 1.29 is 5.11 Å². The molecule has 0 saturated carbocycles. The molecule has 0 amide bonds. The highest BCUT2D eigenvalue weighted by molar-refractivity contribution is 5.64. The molecule has 3 aromatic heterocycles.